The van der Waals surface area contributed by atoms with Crippen LogP contribution < -0.4 is 5.32 Å². The van der Waals surface area contributed by atoms with Crippen LogP contribution >= 0.6 is 0 Å². The Kier molecular flexibility index (Phi) is 3.72. The maximum absolute atomic E-state index is 12.0. The summed E-state index contributed by atoms with van der Waals surface area (Å²) in [5, 5.41) is 2.61. The average molecular weight is 403 g/mol. The molecule has 1 saturated heterocycles. The van der Waals surface area contributed by atoms with Gasteiger partial charge in [0.2, 0.25) is 0 Å². The molecule has 4 nitrogen and oxygen atoms in total. The van der Waals surface area contributed by atoms with Crippen LogP contribution in [0.1, 0.15) is 19.3 Å². The second kappa shape index (κ2) is 5.09. The molecule has 0 radical (unpaired) electrons. The van der Waals surface area contributed by atoms with Gasteiger partial charge in [0.15, 0.2) is 0 Å². The summed E-state index contributed by atoms with van der Waals surface area (Å²) in [6.45, 7) is -0.0262. The number of esters is 1. The zero-order chi connectivity index (χ0) is 12.3. The Hall–Kier alpha value is -1.02. The van der Waals surface area contributed by atoms with Gasteiger partial charge in [-0.1, -0.05) is 0 Å². The third-order valence-electron chi connectivity index (χ3n) is 2.97. The number of nitrogens with one attached hydrogen (secondary N) is 1. The summed E-state index contributed by atoms with van der Waals surface area (Å²) in [5.41, 5.74) is -0.283. The normalized spacial score (nSPS) is 28.8. The third-order valence-corrected chi connectivity index (χ3v) is 3.53. The van der Waals surface area contributed by atoms with E-state index in [0.29, 0.717) is 6.42 Å². The fourth-order valence-electron chi connectivity index (χ4n) is 2.19. The first kappa shape index (κ1) is 12.4. The summed E-state index contributed by atoms with van der Waals surface area (Å²) in [6.07, 6.45) is 8.09. The zero-order valence-corrected chi connectivity index (χ0v) is 12.2. The molecule has 1 spiro atoms. The van der Waals surface area contributed by atoms with Gasteiger partial charge in [-0.2, -0.15) is 0 Å². The van der Waals surface area contributed by atoms with Crippen molar-refractivity contribution in [3.63, 3.8) is 0 Å². The standard InChI is InChI=1S/C12H13NO3.W/c1-2-5-9-6-3-4-7-12(9)11(15)13-8-10(14)16-12;/h1-2,5-6H,3-4,7-8H2,(H,13,15);/b5-2-;. The molecule has 1 fully saturated rings. The van der Waals surface area contributed by atoms with Gasteiger partial charge >= 0.3 is 110 Å². The molecule has 1 aliphatic heterocycles. The molecule has 5 heteroatoms. The summed E-state index contributed by atoms with van der Waals surface area (Å²) < 4.78 is 7.32. The Balaban J connectivity index is 2.37. The number of carbonyl (C=O) groups excluding carboxylic acids is 2. The predicted molar refractivity (Wildman–Crippen MR) is 59.0 cm³/mol. The van der Waals surface area contributed by atoms with E-state index < -0.39 is 5.60 Å². The minimum absolute atomic E-state index is 0.0262. The number of morpholine rings is 1. The number of hydrogen-bond donors (Lipinski definition) is 1. The van der Waals surface area contributed by atoms with Crippen molar-refractivity contribution >= 4 is 16.3 Å². The van der Waals surface area contributed by atoms with Gasteiger partial charge in [-0.15, -0.1) is 0 Å². The molecule has 1 N–H and O–H groups in total. The molecule has 2 aliphatic rings. The van der Waals surface area contributed by atoms with Crippen molar-refractivity contribution in [3.8, 4) is 0 Å². The SMILES string of the molecule is O=C1CNC(=O)C2(CCCC=C2/C=C\[CH]=[W])O1. The van der Waals surface area contributed by atoms with E-state index in [4.69, 9.17) is 4.74 Å². The van der Waals surface area contributed by atoms with Crippen LogP contribution in [0.2, 0.25) is 0 Å². The van der Waals surface area contributed by atoms with Crippen molar-refractivity contribution in [3.05, 3.63) is 23.8 Å². The molecule has 17 heavy (non-hydrogen) atoms. The van der Waals surface area contributed by atoms with E-state index in [1.807, 2.05) is 22.6 Å². The second-order valence-electron chi connectivity index (χ2n) is 4.03. The summed E-state index contributed by atoms with van der Waals surface area (Å²) in [7, 11) is 0. The van der Waals surface area contributed by atoms with Crippen LogP contribution in [-0.2, 0) is 33.7 Å². The van der Waals surface area contributed by atoms with Crippen LogP contribution in [0.3, 0.4) is 0 Å². The molecule has 90 valence electrons. The van der Waals surface area contributed by atoms with Crippen LogP contribution in [-0.4, -0.2) is 28.4 Å². The fourth-order valence-corrected chi connectivity index (χ4v) is 2.47. The first-order chi connectivity index (χ1) is 8.19. The fraction of sp³-hybridized carbons (Fsp3) is 0.417. The summed E-state index contributed by atoms with van der Waals surface area (Å²) in [5.74, 6) is -0.562. The summed E-state index contributed by atoms with van der Waals surface area (Å²) in [6, 6.07) is 0. The van der Waals surface area contributed by atoms with E-state index in [0.717, 1.165) is 18.4 Å². The van der Waals surface area contributed by atoms with Crippen molar-refractivity contribution in [2.45, 2.75) is 24.9 Å². The quantitative estimate of drug-likeness (QED) is 0.681. The van der Waals surface area contributed by atoms with Gasteiger partial charge in [0.1, 0.15) is 0 Å². The Morgan fingerprint density at radius 1 is 1.47 bits per heavy atom. The molecule has 0 aromatic rings. The monoisotopic (exact) mass is 403 g/mol. The van der Waals surface area contributed by atoms with Crippen LogP contribution in [0.4, 0.5) is 0 Å². The van der Waals surface area contributed by atoms with Gasteiger partial charge in [-0.05, 0) is 0 Å². The first-order valence-corrected chi connectivity index (χ1v) is 7.21. The Bertz CT molecular complexity index is 427. The molecular formula is C12H13NO3W. The molecule has 0 bridgehead atoms. The molecule has 0 saturated carbocycles. The summed E-state index contributed by atoms with van der Waals surface area (Å²) >= 11 is 1.34. The van der Waals surface area contributed by atoms with Crippen molar-refractivity contribution in [2.24, 2.45) is 0 Å². The molecule has 1 heterocycles. The van der Waals surface area contributed by atoms with Crippen LogP contribution in [0.5, 0.6) is 0 Å². The molecule has 1 amide bonds. The first-order valence-electron chi connectivity index (χ1n) is 5.52. The Labute approximate surface area is 111 Å². The van der Waals surface area contributed by atoms with Crippen molar-refractivity contribution in [1.29, 1.82) is 0 Å². The third kappa shape index (κ3) is 2.32. The van der Waals surface area contributed by atoms with Crippen LogP contribution in [0.15, 0.2) is 23.8 Å². The van der Waals surface area contributed by atoms with Crippen molar-refractivity contribution < 1.29 is 33.7 Å². The van der Waals surface area contributed by atoms with Crippen molar-refractivity contribution in [2.75, 3.05) is 6.54 Å². The minimum atomic E-state index is -1.08. The van der Waals surface area contributed by atoms with Gasteiger partial charge in [-0.25, -0.2) is 0 Å². The number of hydrogen-bond acceptors (Lipinski definition) is 3. The topological polar surface area (TPSA) is 55.4 Å². The van der Waals surface area contributed by atoms with Gasteiger partial charge in [-0.3, -0.25) is 0 Å². The van der Waals surface area contributed by atoms with Gasteiger partial charge in [0.25, 0.3) is 0 Å². The molecular weight excluding hydrogens is 390 g/mol. The number of allylic oxidation sites excluding steroid dienone is 2. The molecule has 2 rings (SSSR count). The number of carbonyl (C=O) groups is 2. The van der Waals surface area contributed by atoms with E-state index >= 15 is 0 Å². The Morgan fingerprint density at radius 2 is 2.29 bits per heavy atom. The summed E-state index contributed by atoms with van der Waals surface area (Å²) in [4.78, 5) is 23.4. The van der Waals surface area contributed by atoms with Gasteiger partial charge in [0, 0.05) is 0 Å². The van der Waals surface area contributed by atoms with Crippen LogP contribution in [0, 0.1) is 0 Å². The van der Waals surface area contributed by atoms with E-state index in [1.165, 1.54) is 19.4 Å². The van der Waals surface area contributed by atoms with E-state index in [2.05, 4.69) is 5.32 Å². The van der Waals surface area contributed by atoms with E-state index in [9.17, 15) is 9.59 Å². The molecule has 0 aromatic carbocycles. The molecule has 1 atom stereocenters. The van der Waals surface area contributed by atoms with E-state index in [-0.39, 0.29) is 18.4 Å². The second-order valence-corrected chi connectivity index (χ2v) is 5.01. The van der Waals surface area contributed by atoms with Gasteiger partial charge in [0.05, 0.1) is 0 Å². The predicted octanol–water partition coefficient (Wildman–Crippen LogP) is 0.414. The zero-order valence-electron chi connectivity index (χ0n) is 9.27. The number of rotatable bonds is 2. The Morgan fingerprint density at radius 3 is 3.06 bits per heavy atom. The number of amides is 1. The average Bonchev–Trinajstić information content (AvgIpc) is 2.33. The molecule has 0 aromatic heterocycles. The molecule has 1 aliphatic carbocycles. The van der Waals surface area contributed by atoms with Crippen molar-refractivity contribution in [1.82, 2.24) is 5.32 Å². The molecule has 1 unspecified atom stereocenters. The van der Waals surface area contributed by atoms with Crippen LogP contribution in [0.25, 0.3) is 0 Å². The van der Waals surface area contributed by atoms with E-state index in [1.54, 1.807) is 0 Å². The number of ether oxygens (including phenoxy) is 1. The maximum atomic E-state index is 12.0. The van der Waals surface area contributed by atoms with Gasteiger partial charge < -0.3 is 0 Å².